The Bertz CT molecular complexity index is 391. The molecular formula is C28H52Cl2O3. The van der Waals surface area contributed by atoms with Gasteiger partial charge in [0.1, 0.15) is 13.6 Å². The fourth-order valence-electron chi connectivity index (χ4n) is 3.70. The first-order chi connectivity index (χ1) is 16.3. The van der Waals surface area contributed by atoms with Crippen molar-refractivity contribution in [1.82, 2.24) is 0 Å². The predicted octanol–water partition coefficient (Wildman–Crippen LogP) is 9.56. The van der Waals surface area contributed by atoms with Gasteiger partial charge >= 0.3 is 0 Å². The Morgan fingerprint density at radius 1 is 0.545 bits per heavy atom. The Kier molecular flexibility index (Phi) is 28.1. The molecule has 0 saturated heterocycles. The second-order valence-corrected chi connectivity index (χ2v) is 9.52. The number of allylic oxidation sites excluding steroid dienone is 4. The Hall–Kier alpha value is -0.0600. The van der Waals surface area contributed by atoms with Gasteiger partial charge in [-0.05, 0) is 51.4 Å². The van der Waals surface area contributed by atoms with Gasteiger partial charge in [-0.1, -0.05) is 89.5 Å². The largest absolute Gasteiger partial charge is 0.352 e. The average molecular weight is 508 g/mol. The van der Waals surface area contributed by atoms with Crippen molar-refractivity contribution < 1.29 is 14.2 Å². The molecule has 0 bridgehead atoms. The molecule has 0 aliphatic rings. The number of unbranched alkanes of at least 4 members (excludes halogenated alkanes) is 6. The molecule has 0 saturated carbocycles. The Morgan fingerprint density at radius 2 is 0.970 bits per heavy atom. The molecule has 0 N–H and O–H groups in total. The molecule has 3 nitrogen and oxygen atoms in total. The van der Waals surface area contributed by atoms with Crippen molar-refractivity contribution in [3.05, 3.63) is 24.3 Å². The highest BCUT2D eigenvalue weighted by Crippen LogP contribution is 2.16. The smallest absolute Gasteiger partial charge is 0.149 e. The highest BCUT2D eigenvalue weighted by molar-refractivity contribution is 6.18. The first-order valence-electron chi connectivity index (χ1n) is 13.5. The van der Waals surface area contributed by atoms with Crippen LogP contribution in [0.3, 0.4) is 0 Å². The molecule has 0 rings (SSSR count). The van der Waals surface area contributed by atoms with Crippen molar-refractivity contribution >= 4 is 23.2 Å². The van der Waals surface area contributed by atoms with E-state index in [1.54, 1.807) is 0 Å². The number of ether oxygens (including phenoxy) is 3. The predicted molar refractivity (Wildman–Crippen MR) is 146 cm³/mol. The second kappa shape index (κ2) is 28.2. The van der Waals surface area contributed by atoms with Crippen LogP contribution >= 0.6 is 23.2 Å². The van der Waals surface area contributed by atoms with Gasteiger partial charge in [0, 0.05) is 11.8 Å². The normalized spacial score (nSPS) is 13.9. The highest BCUT2D eigenvalue weighted by atomic mass is 35.5. The zero-order valence-corrected chi connectivity index (χ0v) is 23.1. The maximum absolute atomic E-state index is 6.06. The summed E-state index contributed by atoms with van der Waals surface area (Å²) in [6.45, 7) is 5.11. The molecule has 196 valence electrons. The topological polar surface area (TPSA) is 27.7 Å². The monoisotopic (exact) mass is 506 g/mol. The van der Waals surface area contributed by atoms with Gasteiger partial charge < -0.3 is 14.2 Å². The van der Waals surface area contributed by atoms with Gasteiger partial charge in [0.15, 0.2) is 0 Å². The number of rotatable bonds is 26. The summed E-state index contributed by atoms with van der Waals surface area (Å²) < 4.78 is 17.9. The summed E-state index contributed by atoms with van der Waals surface area (Å²) >= 11 is 11.5. The van der Waals surface area contributed by atoms with Crippen LogP contribution in [-0.2, 0) is 14.2 Å². The van der Waals surface area contributed by atoms with E-state index in [4.69, 9.17) is 37.4 Å². The van der Waals surface area contributed by atoms with Crippen LogP contribution in [0.15, 0.2) is 24.3 Å². The van der Waals surface area contributed by atoms with Crippen LogP contribution < -0.4 is 0 Å². The van der Waals surface area contributed by atoms with Gasteiger partial charge in [0.25, 0.3) is 0 Å². The maximum atomic E-state index is 6.06. The van der Waals surface area contributed by atoms with E-state index in [-0.39, 0.29) is 12.2 Å². The molecule has 0 fully saturated rings. The van der Waals surface area contributed by atoms with Crippen LogP contribution in [0.4, 0.5) is 0 Å². The van der Waals surface area contributed by atoms with E-state index in [1.807, 2.05) is 0 Å². The average Bonchev–Trinajstić information content (AvgIpc) is 2.82. The highest BCUT2D eigenvalue weighted by Gasteiger charge is 2.10. The van der Waals surface area contributed by atoms with Crippen LogP contribution in [0, 0.1) is 0 Å². The van der Waals surface area contributed by atoms with Crippen molar-refractivity contribution in [3.63, 3.8) is 0 Å². The molecule has 0 aromatic carbocycles. The van der Waals surface area contributed by atoms with E-state index in [0.29, 0.717) is 25.3 Å². The summed E-state index contributed by atoms with van der Waals surface area (Å²) in [5, 5.41) is 0. The van der Waals surface area contributed by atoms with Crippen molar-refractivity contribution in [1.29, 1.82) is 0 Å². The SMILES string of the molecule is CCCCCCC(CC/C=C\CCCl)OCOCOC(CC/C=C\CCCl)CCCCCC. The third kappa shape index (κ3) is 24.9. The van der Waals surface area contributed by atoms with Gasteiger partial charge in [0.2, 0.25) is 0 Å². The van der Waals surface area contributed by atoms with E-state index >= 15 is 0 Å². The van der Waals surface area contributed by atoms with Crippen molar-refractivity contribution in [3.8, 4) is 0 Å². The first kappa shape index (κ1) is 32.9. The number of halogens is 2. The van der Waals surface area contributed by atoms with Gasteiger partial charge in [-0.2, -0.15) is 0 Å². The fourth-order valence-corrected chi connectivity index (χ4v) is 3.96. The number of hydrogen-bond acceptors (Lipinski definition) is 3. The van der Waals surface area contributed by atoms with Gasteiger partial charge in [-0.25, -0.2) is 0 Å². The molecule has 33 heavy (non-hydrogen) atoms. The van der Waals surface area contributed by atoms with E-state index in [1.165, 1.54) is 51.4 Å². The lowest BCUT2D eigenvalue weighted by Crippen LogP contribution is -2.19. The van der Waals surface area contributed by atoms with E-state index in [9.17, 15) is 0 Å². The Balaban J connectivity index is 4.25. The second-order valence-electron chi connectivity index (χ2n) is 8.77. The summed E-state index contributed by atoms with van der Waals surface area (Å²) in [6.07, 6.45) is 27.6. The lowest BCUT2D eigenvalue weighted by molar-refractivity contribution is -0.167. The van der Waals surface area contributed by atoms with Gasteiger partial charge in [-0.15, -0.1) is 23.2 Å². The van der Waals surface area contributed by atoms with Gasteiger partial charge in [0.05, 0.1) is 12.2 Å². The molecule has 2 unspecified atom stereocenters. The molecule has 0 aliphatic carbocycles. The lowest BCUT2D eigenvalue weighted by atomic mass is 10.1. The minimum atomic E-state index is 0.249. The van der Waals surface area contributed by atoms with E-state index in [2.05, 4.69) is 38.2 Å². The molecule has 0 aromatic heterocycles. The lowest BCUT2D eigenvalue weighted by Gasteiger charge is -2.20. The maximum Gasteiger partial charge on any atom is 0.149 e. The molecule has 5 heteroatoms. The standard InChI is InChI=1S/C28H52Cl2O3/c1-3-5-7-13-19-27(21-15-9-11-17-23-29)32-25-31-26-33-28(20-14-8-6-4-2)22-16-10-12-18-24-30/h9-12,27-28H,3-8,13-26H2,1-2H3/b11-9-,12-10-. The molecular weight excluding hydrogens is 455 g/mol. The summed E-state index contributed by atoms with van der Waals surface area (Å²) in [7, 11) is 0. The van der Waals surface area contributed by atoms with Crippen LogP contribution in [0.25, 0.3) is 0 Å². The number of alkyl halides is 2. The van der Waals surface area contributed by atoms with Crippen molar-refractivity contribution in [2.75, 3.05) is 25.3 Å². The summed E-state index contributed by atoms with van der Waals surface area (Å²) in [5.41, 5.74) is 0. The zero-order chi connectivity index (χ0) is 24.2. The molecule has 0 aromatic rings. The molecule has 0 aliphatic heterocycles. The summed E-state index contributed by atoms with van der Waals surface area (Å²) in [4.78, 5) is 0. The summed E-state index contributed by atoms with van der Waals surface area (Å²) in [5.74, 6) is 1.37. The third-order valence-electron chi connectivity index (χ3n) is 5.73. The van der Waals surface area contributed by atoms with Crippen LogP contribution in [-0.4, -0.2) is 37.6 Å². The summed E-state index contributed by atoms with van der Waals surface area (Å²) in [6, 6.07) is 0. The first-order valence-corrected chi connectivity index (χ1v) is 14.6. The fraction of sp³-hybridized carbons (Fsp3) is 0.857. The molecule has 0 spiro atoms. The van der Waals surface area contributed by atoms with E-state index < -0.39 is 0 Å². The van der Waals surface area contributed by atoms with E-state index in [0.717, 1.165) is 51.4 Å². The van der Waals surface area contributed by atoms with Crippen LogP contribution in [0.2, 0.25) is 0 Å². The van der Waals surface area contributed by atoms with Crippen LogP contribution in [0.1, 0.15) is 117 Å². The van der Waals surface area contributed by atoms with Crippen LogP contribution in [0.5, 0.6) is 0 Å². The van der Waals surface area contributed by atoms with Crippen molar-refractivity contribution in [2.45, 2.75) is 129 Å². The third-order valence-corrected chi connectivity index (χ3v) is 6.17. The van der Waals surface area contributed by atoms with Gasteiger partial charge in [-0.3, -0.25) is 0 Å². The minimum absolute atomic E-state index is 0.249. The molecule has 2 atom stereocenters. The van der Waals surface area contributed by atoms with Crippen molar-refractivity contribution in [2.24, 2.45) is 0 Å². The quantitative estimate of drug-likeness (QED) is 0.0505. The molecule has 0 heterocycles. The molecule has 0 amide bonds. The number of hydrogen-bond donors (Lipinski definition) is 0. The molecule has 0 radical (unpaired) electrons. The Labute approximate surface area is 215 Å². The zero-order valence-electron chi connectivity index (χ0n) is 21.6. The Morgan fingerprint density at radius 3 is 1.36 bits per heavy atom. The minimum Gasteiger partial charge on any atom is -0.352 e.